The van der Waals surface area contributed by atoms with Crippen LogP contribution in [0.3, 0.4) is 0 Å². The summed E-state index contributed by atoms with van der Waals surface area (Å²) in [7, 11) is 0. The smallest absolute Gasteiger partial charge is 0.271 e. The lowest BCUT2D eigenvalue weighted by atomic mass is 9.84. The molecule has 0 unspecified atom stereocenters. The lowest BCUT2D eigenvalue weighted by Crippen LogP contribution is -2.33. The van der Waals surface area contributed by atoms with Gasteiger partial charge in [-0.1, -0.05) is 13.8 Å². The molecule has 19 heavy (non-hydrogen) atoms. The van der Waals surface area contributed by atoms with Crippen molar-refractivity contribution in [3.8, 4) is 0 Å². The molecular formula is C14H20N2OS2. The Kier molecular flexibility index (Phi) is 4.36. The van der Waals surface area contributed by atoms with Gasteiger partial charge in [0, 0.05) is 6.54 Å². The summed E-state index contributed by atoms with van der Waals surface area (Å²) in [4.78, 5) is 16.9. The van der Waals surface area contributed by atoms with Crippen LogP contribution in [0.4, 0.5) is 0 Å². The normalized spacial score (nSPS) is 12.2. The minimum absolute atomic E-state index is 0.0780. The summed E-state index contributed by atoms with van der Waals surface area (Å²) in [6.45, 7) is 7.01. The highest BCUT2D eigenvalue weighted by Crippen LogP contribution is 2.30. The molecular weight excluding hydrogens is 276 g/mol. The number of hydrogen-bond donors (Lipinski definition) is 1. The summed E-state index contributed by atoms with van der Waals surface area (Å²) in [5, 5.41) is 1.99. The predicted molar refractivity (Wildman–Crippen MR) is 85.5 cm³/mol. The topological polar surface area (TPSA) is 34.9 Å². The molecule has 0 aromatic carbocycles. The Morgan fingerprint density at radius 2 is 2.11 bits per heavy atom. The molecule has 0 amide bonds. The standard InChI is InChI=1S/C14H20N2OS2/c1-4-14(5-2,8-18)7-16-9-15-11-10(3)6-19-12(11)13(16)17/h6,9,18H,4-5,7-8H2,1-3H3. The van der Waals surface area contributed by atoms with E-state index in [2.05, 4.69) is 31.5 Å². The van der Waals surface area contributed by atoms with Crippen molar-refractivity contribution >= 4 is 34.2 Å². The molecule has 0 bridgehead atoms. The van der Waals surface area contributed by atoms with Gasteiger partial charge in [0.2, 0.25) is 0 Å². The zero-order valence-electron chi connectivity index (χ0n) is 11.6. The lowest BCUT2D eigenvalue weighted by molar-refractivity contribution is 0.254. The first kappa shape index (κ1) is 14.6. The molecule has 0 aliphatic carbocycles. The van der Waals surface area contributed by atoms with Gasteiger partial charge < -0.3 is 0 Å². The molecule has 0 radical (unpaired) electrons. The maximum absolute atomic E-state index is 12.5. The van der Waals surface area contributed by atoms with Gasteiger partial charge in [-0.15, -0.1) is 11.3 Å². The van der Waals surface area contributed by atoms with Gasteiger partial charge in [-0.2, -0.15) is 12.6 Å². The van der Waals surface area contributed by atoms with Gasteiger partial charge in [0.25, 0.3) is 5.56 Å². The van der Waals surface area contributed by atoms with Crippen LogP contribution in [-0.4, -0.2) is 15.3 Å². The zero-order chi connectivity index (χ0) is 14.0. The number of fused-ring (bicyclic) bond motifs is 1. The van der Waals surface area contributed by atoms with Gasteiger partial charge in [-0.25, -0.2) is 4.98 Å². The van der Waals surface area contributed by atoms with E-state index in [9.17, 15) is 4.79 Å². The molecule has 2 aromatic heterocycles. The average Bonchev–Trinajstić information content (AvgIpc) is 2.81. The summed E-state index contributed by atoms with van der Waals surface area (Å²) in [5.41, 5.74) is 2.08. The van der Waals surface area contributed by atoms with Crippen molar-refractivity contribution in [3.63, 3.8) is 0 Å². The van der Waals surface area contributed by atoms with E-state index in [0.717, 1.165) is 34.4 Å². The monoisotopic (exact) mass is 296 g/mol. The van der Waals surface area contributed by atoms with Gasteiger partial charge in [-0.05, 0) is 41.9 Å². The van der Waals surface area contributed by atoms with E-state index < -0.39 is 0 Å². The van der Waals surface area contributed by atoms with Crippen LogP contribution < -0.4 is 5.56 Å². The summed E-state index contributed by atoms with van der Waals surface area (Å²) in [6.07, 6.45) is 3.72. The van der Waals surface area contributed by atoms with Crippen molar-refractivity contribution in [2.75, 3.05) is 5.75 Å². The number of thiol groups is 1. The summed E-state index contributed by atoms with van der Waals surface area (Å²) in [6, 6.07) is 0. The first-order chi connectivity index (χ1) is 9.06. The third-order valence-electron chi connectivity index (χ3n) is 4.06. The Bertz CT molecular complexity index is 618. The van der Waals surface area contributed by atoms with Gasteiger partial charge in [0.1, 0.15) is 4.70 Å². The van der Waals surface area contributed by atoms with E-state index in [4.69, 9.17) is 0 Å². The summed E-state index contributed by atoms with van der Waals surface area (Å²) >= 11 is 5.96. The first-order valence-corrected chi connectivity index (χ1v) is 8.12. The number of hydrogen-bond acceptors (Lipinski definition) is 4. The number of rotatable bonds is 5. The molecule has 0 aliphatic heterocycles. The molecule has 2 heterocycles. The number of nitrogens with zero attached hydrogens (tertiary/aromatic N) is 2. The van der Waals surface area contributed by atoms with Crippen LogP contribution in [-0.2, 0) is 6.54 Å². The van der Waals surface area contributed by atoms with E-state index in [0.29, 0.717) is 6.54 Å². The lowest BCUT2D eigenvalue weighted by Gasteiger charge is -2.30. The molecule has 0 N–H and O–H groups in total. The Labute approximate surface area is 123 Å². The van der Waals surface area contributed by atoms with Crippen LogP contribution >= 0.6 is 24.0 Å². The number of thiophene rings is 1. The largest absolute Gasteiger partial charge is 0.297 e. The molecule has 0 atom stereocenters. The highest BCUT2D eigenvalue weighted by Gasteiger charge is 2.26. The van der Waals surface area contributed by atoms with E-state index in [-0.39, 0.29) is 11.0 Å². The van der Waals surface area contributed by atoms with E-state index in [1.165, 1.54) is 11.3 Å². The van der Waals surface area contributed by atoms with Gasteiger partial charge in [-0.3, -0.25) is 9.36 Å². The third-order valence-corrected chi connectivity index (χ3v) is 5.81. The number of aryl methyl sites for hydroxylation is 1. The van der Waals surface area contributed by atoms with Crippen LogP contribution in [0, 0.1) is 12.3 Å². The molecule has 5 heteroatoms. The average molecular weight is 296 g/mol. The van der Waals surface area contributed by atoms with Gasteiger partial charge in [0.15, 0.2) is 0 Å². The Hall–Kier alpha value is -0.810. The Balaban J connectivity index is 2.46. The molecule has 2 rings (SSSR count). The van der Waals surface area contributed by atoms with Crippen molar-refractivity contribution < 1.29 is 0 Å². The molecule has 3 nitrogen and oxygen atoms in total. The first-order valence-electron chi connectivity index (χ1n) is 6.61. The molecule has 0 spiro atoms. The fourth-order valence-corrected chi connectivity index (χ4v) is 3.78. The molecule has 0 saturated heterocycles. The summed E-state index contributed by atoms with van der Waals surface area (Å²) in [5.74, 6) is 0.786. The fraction of sp³-hybridized carbons (Fsp3) is 0.571. The van der Waals surface area contributed by atoms with Crippen LogP contribution in [0.5, 0.6) is 0 Å². The van der Waals surface area contributed by atoms with Crippen molar-refractivity contribution in [1.29, 1.82) is 0 Å². The Morgan fingerprint density at radius 1 is 1.42 bits per heavy atom. The van der Waals surface area contributed by atoms with Gasteiger partial charge in [0.05, 0.1) is 11.8 Å². The quantitative estimate of drug-likeness (QED) is 0.857. The maximum atomic E-state index is 12.5. The highest BCUT2D eigenvalue weighted by molar-refractivity contribution is 7.80. The molecule has 0 saturated carbocycles. The predicted octanol–water partition coefficient (Wildman–Crippen LogP) is 3.50. The van der Waals surface area contributed by atoms with E-state index in [1.807, 2.05) is 12.3 Å². The van der Waals surface area contributed by atoms with Gasteiger partial charge >= 0.3 is 0 Å². The maximum Gasteiger partial charge on any atom is 0.271 e. The minimum Gasteiger partial charge on any atom is -0.297 e. The molecule has 2 aromatic rings. The van der Waals surface area contributed by atoms with Crippen molar-refractivity contribution in [2.45, 2.75) is 40.2 Å². The minimum atomic E-state index is 0.0780. The third kappa shape index (κ3) is 2.58. The fourth-order valence-electron chi connectivity index (χ4n) is 2.28. The van der Waals surface area contributed by atoms with Crippen LogP contribution in [0.25, 0.3) is 10.2 Å². The number of aromatic nitrogens is 2. The van der Waals surface area contributed by atoms with Crippen molar-refractivity contribution in [2.24, 2.45) is 5.41 Å². The van der Waals surface area contributed by atoms with Crippen LogP contribution in [0.15, 0.2) is 16.5 Å². The van der Waals surface area contributed by atoms with Crippen LogP contribution in [0.2, 0.25) is 0 Å². The van der Waals surface area contributed by atoms with Crippen molar-refractivity contribution in [3.05, 3.63) is 27.6 Å². The van der Waals surface area contributed by atoms with E-state index >= 15 is 0 Å². The molecule has 0 aliphatic rings. The van der Waals surface area contributed by atoms with Crippen LogP contribution in [0.1, 0.15) is 32.3 Å². The highest BCUT2D eigenvalue weighted by atomic mass is 32.1. The zero-order valence-corrected chi connectivity index (χ0v) is 13.4. The van der Waals surface area contributed by atoms with E-state index in [1.54, 1.807) is 10.9 Å². The molecule has 0 fully saturated rings. The van der Waals surface area contributed by atoms with Crippen molar-refractivity contribution in [1.82, 2.24) is 9.55 Å². The summed E-state index contributed by atoms with van der Waals surface area (Å²) < 4.78 is 2.52. The molecule has 104 valence electrons. The SMILES string of the molecule is CCC(CC)(CS)Cn1cnc2c(C)csc2c1=O. The Morgan fingerprint density at radius 3 is 2.68 bits per heavy atom. The second kappa shape index (κ2) is 5.67. The second-order valence-corrected chi connectivity index (χ2v) is 6.34. The second-order valence-electron chi connectivity index (χ2n) is 5.14.